The Morgan fingerprint density at radius 2 is 2.20 bits per heavy atom. The number of hydrogen-bond donors (Lipinski definition) is 1. The highest BCUT2D eigenvalue weighted by Crippen LogP contribution is 2.28. The zero-order chi connectivity index (χ0) is 10.7. The summed E-state index contributed by atoms with van der Waals surface area (Å²) < 4.78 is 5.17. The van der Waals surface area contributed by atoms with Crippen LogP contribution in [0.5, 0.6) is 0 Å². The van der Waals surface area contributed by atoms with Gasteiger partial charge in [-0.1, -0.05) is 6.08 Å². The van der Waals surface area contributed by atoms with Crippen LogP contribution in [0.25, 0.3) is 5.57 Å². The van der Waals surface area contributed by atoms with E-state index in [1.807, 2.05) is 24.3 Å². The van der Waals surface area contributed by atoms with Crippen molar-refractivity contribution < 1.29 is 4.74 Å². The van der Waals surface area contributed by atoms with Crippen molar-refractivity contribution in [2.45, 2.75) is 12.8 Å². The summed E-state index contributed by atoms with van der Waals surface area (Å²) in [4.78, 5) is 4.29. The minimum atomic E-state index is 0.734. The monoisotopic (exact) mass is 202 g/mol. The van der Waals surface area contributed by atoms with E-state index in [1.165, 1.54) is 5.57 Å². The highest BCUT2D eigenvalue weighted by molar-refractivity contribution is 5.73. The first-order chi connectivity index (χ1) is 7.31. The molecule has 0 saturated heterocycles. The van der Waals surface area contributed by atoms with Crippen molar-refractivity contribution in [1.29, 1.82) is 0 Å². The number of nitrogens with two attached hydrogens (primary N) is 1. The molecule has 0 amide bonds. The minimum Gasteiger partial charge on any atom is -0.501 e. The third-order valence-electron chi connectivity index (χ3n) is 2.52. The van der Waals surface area contributed by atoms with Gasteiger partial charge in [-0.15, -0.1) is 0 Å². The fraction of sp³-hybridized carbons (Fsp3) is 0.250. The Morgan fingerprint density at radius 3 is 2.80 bits per heavy atom. The topological polar surface area (TPSA) is 48.1 Å². The molecule has 0 fully saturated rings. The molecule has 0 atom stereocenters. The van der Waals surface area contributed by atoms with Crippen LogP contribution in [0.1, 0.15) is 18.5 Å². The number of methoxy groups -OCH3 is 1. The number of ether oxygens (including phenoxy) is 1. The van der Waals surface area contributed by atoms with Gasteiger partial charge in [0.1, 0.15) is 0 Å². The van der Waals surface area contributed by atoms with Crippen molar-refractivity contribution >= 4 is 11.3 Å². The first-order valence-electron chi connectivity index (χ1n) is 4.96. The van der Waals surface area contributed by atoms with E-state index in [-0.39, 0.29) is 0 Å². The van der Waals surface area contributed by atoms with E-state index < -0.39 is 0 Å². The average Bonchev–Trinajstić information content (AvgIpc) is 2.30. The van der Waals surface area contributed by atoms with Crippen molar-refractivity contribution in [2.75, 3.05) is 12.8 Å². The van der Waals surface area contributed by atoms with E-state index in [9.17, 15) is 0 Å². The largest absolute Gasteiger partial charge is 0.501 e. The van der Waals surface area contributed by atoms with Gasteiger partial charge in [0.2, 0.25) is 0 Å². The van der Waals surface area contributed by atoms with Gasteiger partial charge >= 0.3 is 0 Å². The smallest absolute Gasteiger partial charge is 0.0958 e. The summed E-state index contributed by atoms with van der Waals surface area (Å²) in [6.07, 6.45) is 7.62. The van der Waals surface area contributed by atoms with Gasteiger partial charge in [0, 0.05) is 12.6 Å². The highest BCUT2D eigenvalue weighted by atomic mass is 16.5. The maximum Gasteiger partial charge on any atom is 0.0958 e. The molecule has 0 aromatic carbocycles. The molecule has 2 N–H and O–H groups in total. The van der Waals surface area contributed by atoms with E-state index in [2.05, 4.69) is 4.98 Å². The van der Waals surface area contributed by atoms with E-state index in [0.717, 1.165) is 30.0 Å². The Bertz CT molecular complexity index is 421. The van der Waals surface area contributed by atoms with Gasteiger partial charge in [0.15, 0.2) is 0 Å². The zero-order valence-electron chi connectivity index (χ0n) is 8.73. The Kier molecular flexibility index (Phi) is 2.72. The van der Waals surface area contributed by atoms with Crippen LogP contribution >= 0.6 is 0 Å². The predicted octanol–water partition coefficient (Wildman–Crippen LogP) is 2.37. The molecule has 15 heavy (non-hydrogen) atoms. The molecule has 0 saturated carbocycles. The lowest BCUT2D eigenvalue weighted by Crippen LogP contribution is -2.00. The summed E-state index contributed by atoms with van der Waals surface area (Å²) in [7, 11) is 1.69. The van der Waals surface area contributed by atoms with Crippen molar-refractivity contribution in [2.24, 2.45) is 0 Å². The van der Waals surface area contributed by atoms with Crippen LogP contribution in [-0.2, 0) is 4.74 Å². The third kappa shape index (κ3) is 2.01. The second-order valence-electron chi connectivity index (χ2n) is 3.47. The van der Waals surface area contributed by atoms with Crippen LogP contribution in [0.3, 0.4) is 0 Å². The number of hydrogen-bond acceptors (Lipinski definition) is 3. The third-order valence-corrected chi connectivity index (χ3v) is 2.52. The molecule has 2 rings (SSSR count). The molecular weight excluding hydrogens is 188 g/mol. The Morgan fingerprint density at radius 1 is 1.33 bits per heavy atom. The lowest BCUT2D eigenvalue weighted by molar-refractivity contribution is 0.277. The average molecular weight is 202 g/mol. The molecule has 0 spiro atoms. The summed E-state index contributed by atoms with van der Waals surface area (Å²) in [5, 5.41) is 0. The Labute approximate surface area is 89.3 Å². The summed E-state index contributed by atoms with van der Waals surface area (Å²) in [5.74, 6) is 1.01. The van der Waals surface area contributed by atoms with Crippen molar-refractivity contribution in [3.63, 3.8) is 0 Å². The van der Waals surface area contributed by atoms with Gasteiger partial charge in [-0.2, -0.15) is 0 Å². The second-order valence-corrected chi connectivity index (χ2v) is 3.47. The summed E-state index contributed by atoms with van der Waals surface area (Å²) in [6, 6.07) is 3.72. The molecule has 3 heteroatoms. The maximum absolute atomic E-state index is 5.86. The summed E-state index contributed by atoms with van der Waals surface area (Å²) >= 11 is 0. The van der Waals surface area contributed by atoms with Gasteiger partial charge < -0.3 is 10.5 Å². The van der Waals surface area contributed by atoms with Crippen molar-refractivity contribution in [3.05, 3.63) is 41.9 Å². The first-order valence-corrected chi connectivity index (χ1v) is 4.96. The number of anilines is 1. The molecule has 0 aliphatic heterocycles. The summed E-state index contributed by atoms with van der Waals surface area (Å²) in [5.41, 5.74) is 8.66. The Balaban J connectivity index is 2.30. The standard InChI is InChI=1S/C12H14N2O/c1-15-10-6-4-9(5-7-10)12-11(13)3-2-8-14-12/h2-4,6,8H,5,7,13H2,1H3. The van der Waals surface area contributed by atoms with Crippen LogP contribution in [0.15, 0.2) is 36.2 Å². The molecule has 1 aromatic heterocycles. The predicted molar refractivity (Wildman–Crippen MR) is 61.0 cm³/mol. The van der Waals surface area contributed by atoms with Crippen LogP contribution < -0.4 is 5.73 Å². The lowest BCUT2D eigenvalue weighted by Gasteiger charge is -2.14. The number of nitrogen functional groups attached to an aromatic ring is 1. The number of rotatable bonds is 2. The van der Waals surface area contributed by atoms with E-state index in [4.69, 9.17) is 10.5 Å². The lowest BCUT2D eigenvalue weighted by atomic mass is 9.99. The van der Waals surface area contributed by atoms with Gasteiger partial charge in [-0.05, 0) is 30.2 Å². The normalized spacial score (nSPS) is 15.5. The molecule has 1 aromatic rings. The SMILES string of the molecule is COC1=CC=C(c2ncccc2N)CC1. The molecule has 78 valence electrons. The second kappa shape index (κ2) is 4.17. The molecule has 3 nitrogen and oxygen atoms in total. The van der Waals surface area contributed by atoms with E-state index >= 15 is 0 Å². The fourth-order valence-corrected chi connectivity index (χ4v) is 1.67. The van der Waals surface area contributed by atoms with Gasteiger partial charge in [-0.25, -0.2) is 0 Å². The maximum atomic E-state index is 5.86. The molecular formula is C12H14N2O. The molecule has 0 unspecified atom stereocenters. The highest BCUT2D eigenvalue weighted by Gasteiger charge is 2.11. The number of nitrogens with zero attached hydrogens (tertiary/aromatic N) is 1. The van der Waals surface area contributed by atoms with E-state index in [1.54, 1.807) is 13.3 Å². The quantitative estimate of drug-likeness (QED) is 0.800. The van der Waals surface area contributed by atoms with Crippen LogP contribution in [0.2, 0.25) is 0 Å². The number of allylic oxidation sites excluding steroid dienone is 4. The van der Waals surface area contributed by atoms with Crippen LogP contribution in [0.4, 0.5) is 5.69 Å². The Hall–Kier alpha value is -1.77. The molecule has 0 radical (unpaired) electrons. The van der Waals surface area contributed by atoms with Crippen molar-refractivity contribution in [1.82, 2.24) is 4.98 Å². The fourth-order valence-electron chi connectivity index (χ4n) is 1.67. The number of pyridine rings is 1. The molecule has 1 aliphatic rings. The van der Waals surface area contributed by atoms with Gasteiger partial charge in [-0.3, -0.25) is 4.98 Å². The van der Waals surface area contributed by atoms with Crippen molar-refractivity contribution in [3.8, 4) is 0 Å². The van der Waals surface area contributed by atoms with Gasteiger partial charge in [0.25, 0.3) is 0 Å². The molecule has 0 bridgehead atoms. The minimum absolute atomic E-state index is 0.734. The zero-order valence-corrected chi connectivity index (χ0v) is 8.73. The summed E-state index contributed by atoms with van der Waals surface area (Å²) in [6.45, 7) is 0. The van der Waals surface area contributed by atoms with Gasteiger partial charge in [0.05, 0.1) is 24.3 Å². The van der Waals surface area contributed by atoms with Crippen LogP contribution in [-0.4, -0.2) is 12.1 Å². The van der Waals surface area contributed by atoms with Crippen LogP contribution in [0, 0.1) is 0 Å². The first kappa shape index (κ1) is 9.77. The molecule has 1 aliphatic carbocycles. The van der Waals surface area contributed by atoms with E-state index in [0.29, 0.717) is 0 Å². The molecule has 1 heterocycles. The number of aromatic nitrogens is 1.